The summed E-state index contributed by atoms with van der Waals surface area (Å²) in [6.07, 6.45) is 5.47. The molecule has 0 unspecified atom stereocenters. The molecule has 0 aliphatic rings. The summed E-state index contributed by atoms with van der Waals surface area (Å²) >= 11 is 5.33. The number of allylic oxidation sites excluding steroid dienone is 1. The number of methoxy groups -OCH3 is 1. The molecule has 5 nitrogen and oxygen atoms in total. The average molecular weight is 393 g/mol. The number of nitrogens with zero attached hydrogens (tertiary/aromatic N) is 3. The van der Waals surface area contributed by atoms with Crippen molar-refractivity contribution in [2.45, 2.75) is 26.2 Å². The number of rotatable bonds is 5. The SMILES string of the molecule is COc1ccccc1C=CC=Nn1c(-c2ccc(C(C)(C)C)cc2)n[nH]c1=S. The lowest BCUT2D eigenvalue weighted by atomic mass is 9.87. The van der Waals surface area contributed by atoms with Crippen LogP contribution < -0.4 is 4.74 Å². The van der Waals surface area contributed by atoms with Crippen molar-refractivity contribution in [3.63, 3.8) is 0 Å². The van der Waals surface area contributed by atoms with Gasteiger partial charge >= 0.3 is 0 Å². The largest absolute Gasteiger partial charge is 0.496 e. The molecule has 0 radical (unpaired) electrons. The first-order chi connectivity index (χ1) is 13.4. The number of nitrogens with one attached hydrogen (secondary N) is 1. The van der Waals surface area contributed by atoms with E-state index in [2.05, 4.69) is 48.2 Å². The van der Waals surface area contributed by atoms with Crippen LogP contribution in [-0.2, 0) is 5.41 Å². The third kappa shape index (κ3) is 4.46. The fourth-order valence-electron chi connectivity index (χ4n) is 2.76. The van der Waals surface area contributed by atoms with Crippen LogP contribution >= 0.6 is 12.2 Å². The van der Waals surface area contributed by atoms with Crippen molar-refractivity contribution in [2.24, 2.45) is 5.10 Å². The van der Waals surface area contributed by atoms with Crippen LogP contribution in [0.5, 0.6) is 5.75 Å². The number of hydrogen-bond donors (Lipinski definition) is 1. The lowest BCUT2D eigenvalue weighted by Gasteiger charge is -2.18. The maximum atomic E-state index is 5.35. The molecule has 0 bridgehead atoms. The summed E-state index contributed by atoms with van der Waals surface area (Å²) in [6, 6.07) is 16.1. The number of H-pyrrole nitrogens is 1. The second kappa shape index (κ2) is 8.35. The first kappa shape index (κ1) is 19.8. The van der Waals surface area contributed by atoms with E-state index in [0.717, 1.165) is 16.9 Å². The molecule has 0 aliphatic carbocycles. The third-order valence-electron chi connectivity index (χ3n) is 4.34. The van der Waals surface area contributed by atoms with Gasteiger partial charge in [0.15, 0.2) is 5.82 Å². The number of hydrogen-bond acceptors (Lipinski definition) is 4. The van der Waals surface area contributed by atoms with Gasteiger partial charge in [-0.05, 0) is 41.4 Å². The number of para-hydroxylation sites is 1. The summed E-state index contributed by atoms with van der Waals surface area (Å²) in [5.74, 6) is 1.49. The number of aromatic nitrogens is 3. The van der Waals surface area contributed by atoms with Gasteiger partial charge < -0.3 is 4.74 Å². The Bertz CT molecular complexity index is 1050. The molecule has 1 N–H and O–H groups in total. The summed E-state index contributed by atoms with van der Waals surface area (Å²) in [6.45, 7) is 6.57. The predicted molar refractivity (Wildman–Crippen MR) is 117 cm³/mol. The molecular weight excluding hydrogens is 368 g/mol. The van der Waals surface area contributed by atoms with Crippen molar-refractivity contribution in [1.82, 2.24) is 14.9 Å². The van der Waals surface area contributed by atoms with Gasteiger partial charge in [0.05, 0.1) is 7.11 Å². The fourth-order valence-corrected chi connectivity index (χ4v) is 2.94. The van der Waals surface area contributed by atoms with Crippen molar-refractivity contribution >= 4 is 24.5 Å². The van der Waals surface area contributed by atoms with E-state index in [1.54, 1.807) is 18.0 Å². The van der Waals surface area contributed by atoms with Crippen LogP contribution in [0.15, 0.2) is 59.7 Å². The quantitative estimate of drug-likeness (QED) is 0.463. The molecular formula is C22H24N4OS. The molecule has 1 heterocycles. The zero-order valence-corrected chi connectivity index (χ0v) is 17.3. The number of benzene rings is 2. The Labute approximate surface area is 170 Å². The molecule has 0 saturated heterocycles. The van der Waals surface area contributed by atoms with Crippen LogP contribution in [0.1, 0.15) is 31.9 Å². The van der Waals surface area contributed by atoms with Gasteiger partial charge in [-0.2, -0.15) is 14.9 Å². The smallest absolute Gasteiger partial charge is 0.216 e. The maximum Gasteiger partial charge on any atom is 0.216 e. The van der Waals surface area contributed by atoms with E-state index >= 15 is 0 Å². The van der Waals surface area contributed by atoms with Crippen LogP contribution in [0, 0.1) is 4.77 Å². The molecule has 0 aliphatic heterocycles. The summed E-state index contributed by atoms with van der Waals surface area (Å²) in [4.78, 5) is 0. The highest BCUT2D eigenvalue weighted by Crippen LogP contribution is 2.25. The Morgan fingerprint density at radius 2 is 1.82 bits per heavy atom. The normalized spacial score (nSPS) is 12.1. The molecule has 1 aromatic heterocycles. The van der Waals surface area contributed by atoms with Gasteiger partial charge in [0, 0.05) is 17.3 Å². The van der Waals surface area contributed by atoms with E-state index in [4.69, 9.17) is 17.0 Å². The highest BCUT2D eigenvalue weighted by molar-refractivity contribution is 7.71. The van der Waals surface area contributed by atoms with Gasteiger partial charge in [-0.25, -0.2) is 5.10 Å². The van der Waals surface area contributed by atoms with E-state index in [9.17, 15) is 0 Å². The Morgan fingerprint density at radius 3 is 2.50 bits per heavy atom. The summed E-state index contributed by atoms with van der Waals surface area (Å²) in [5, 5.41) is 11.6. The van der Waals surface area contributed by atoms with E-state index in [1.807, 2.05) is 48.6 Å². The van der Waals surface area contributed by atoms with Crippen molar-refractivity contribution in [3.8, 4) is 17.1 Å². The average Bonchev–Trinajstić information content (AvgIpc) is 3.05. The topological polar surface area (TPSA) is 55.2 Å². The standard InChI is InChI=1S/C22H24N4OS/c1-22(2,3)18-13-11-17(12-14-18)20-24-25-21(28)26(20)23-15-7-9-16-8-5-6-10-19(16)27-4/h5-15H,1-4H3,(H,25,28). The summed E-state index contributed by atoms with van der Waals surface area (Å²) in [7, 11) is 1.66. The van der Waals surface area contributed by atoms with Gasteiger partial charge in [0.1, 0.15) is 5.75 Å². The zero-order valence-electron chi connectivity index (χ0n) is 16.5. The van der Waals surface area contributed by atoms with Gasteiger partial charge in [-0.1, -0.05) is 63.2 Å². The maximum absolute atomic E-state index is 5.35. The highest BCUT2D eigenvalue weighted by atomic mass is 32.1. The summed E-state index contributed by atoms with van der Waals surface area (Å²) in [5.41, 5.74) is 3.29. The van der Waals surface area contributed by atoms with Gasteiger partial charge in [-0.15, -0.1) is 0 Å². The van der Waals surface area contributed by atoms with Gasteiger partial charge in [0.25, 0.3) is 0 Å². The van der Waals surface area contributed by atoms with Crippen LogP contribution in [0.3, 0.4) is 0 Å². The third-order valence-corrected chi connectivity index (χ3v) is 4.61. The minimum atomic E-state index is 0.102. The minimum Gasteiger partial charge on any atom is -0.496 e. The van der Waals surface area contributed by atoms with Crippen LogP contribution in [0.4, 0.5) is 0 Å². The molecule has 0 atom stereocenters. The van der Waals surface area contributed by atoms with Crippen molar-refractivity contribution in [1.29, 1.82) is 0 Å². The Hall–Kier alpha value is -2.99. The molecule has 3 rings (SSSR count). The first-order valence-electron chi connectivity index (χ1n) is 9.02. The van der Waals surface area contributed by atoms with Gasteiger partial charge in [0.2, 0.25) is 4.77 Å². The van der Waals surface area contributed by atoms with Crippen molar-refractivity contribution < 1.29 is 4.74 Å². The van der Waals surface area contributed by atoms with E-state index in [0.29, 0.717) is 10.6 Å². The molecule has 3 aromatic rings. The molecule has 0 amide bonds. The molecule has 0 saturated carbocycles. The molecule has 28 heavy (non-hydrogen) atoms. The molecule has 0 spiro atoms. The molecule has 144 valence electrons. The lowest BCUT2D eigenvalue weighted by molar-refractivity contribution is 0.414. The van der Waals surface area contributed by atoms with Crippen LogP contribution in [0.25, 0.3) is 17.5 Å². The monoisotopic (exact) mass is 392 g/mol. The molecule has 0 fully saturated rings. The molecule has 2 aromatic carbocycles. The fraction of sp³-hybridized carbons (Fsp3) is 0.227. The van der Waals surface area contributed by atoms with Crippen molar-refractivity contribution in [3.05, 3.63) is 70.5 Å². The Kier molecular flexibility index (Phi) is 5.90. The predicted octanol–water partition coefficient (Wildman–Crippen LogP) is 5.46. The Morgan fingerprint density at radius 1 is 1.11 bits per heavy atom. The van der Waals surface area contributed by atoms with E-state index in [1.165, 1.54) is 5.56 Å². The molecule has 6 heteroatoms. The number of ether oxygens (including phenoxy) is 1. The Balaban J connectivity index is 1.84. The first-order valence-corrected chi connectivity index (χ1v) is 9.43. The highest BCUT2D eigenvalue weighted by Gasteiger charge is 2.14. The van der Waals surface area contributed by atoms with Crippen LogP contribution in [0.2, 0.25) is 0 Å². The zero-order chi connectivity index (χ0) is 20.1. The minimum absolute atomic E-state index is 0.102. The second-order valence-corrected chi connectivity index (χ2v) is 7.74. The summed E-state index contributed by atoms with van der Waals surface area (Å²) < 4.78 is 7.41. The second-order valence-electron chi connectivity index (χ2n) is 7.36. The van der Waals surface area contributed by atoms with E-state index < -0.39 is 0 Å². The van der Waals surface area contributed by atoms with Gasteiger partial charge in [-0.3, -0.25) is 0 Å². The lowest BCUT2D eigenvalue weighted by Crippen LogP contribution is -2.10. The van der Waals surface area contributed by atoms with Crippen molar-refractivity contribution in [2.75, 3.05) is 7.11 Å². The van der Waals surface area contributed by atoms with Crippen LogP contribution in [-0.4, -0.2) is 28.2 Å². The number of aromatic amines is 1. The van der Waals surface area contributed by atoms with E-state index in [-0.39, 0.29) is 5.41 Å².